The van der Waals surface area contributed by atoms with Crippen LogP contribution in [0.15, 0.2) is 47.4 Å². The van der Waals surface area contributed by atoms with E-state index in [1.54, 1.807) is 6.07 Å². The number of hydrogen-bond donors (Lipinski definition) is 2. The minimum absolute atomic E-state index is 0.0862. The van der Waals surface area contributed by atoms with E-state index in [0.29, 0.717) is 17.2 Å². The summed E-state index contributed by atoms with van der Waals surface area (Å²) in [5.41, 5.74) is 0.483. The van der Waals surface area contributed by atoms with Crippen LogP contribution >= 0.6 is 0 Å². The van der Waals surface area contributed by atoms with Crippen molar-refractivity contribution in [2.45, 2.75) is 17.9 Å². The van der Waals surface area contributed by atoms with E-state index in [1.165, 1.54) is 57.5 Å². The van der Waals surface area contributed by atoms with E-state index in [-0.39, 0.29) is 10.5 Å². The molecule has 2 aromatic rings. The summed E-state index contributed by atoms with van der Waals surface area (Å²) >= 11 is 0. The molecule has 28 heavy (non-hydrogen) atoms. The standard InChI is InChI=1S/C18H20N2O7S/c1-11(17(21)20-13-4-6-16(7-5-13)28(19,23)24)27-18(22)12-8-14(25-2)10-15(9-12)26-3/h4-11H,1-3H3,(H,20,21)(H2,19,23,24)/t11-/m0/s1. The first-order valence-electron chi connectivity index (χ1n) is 8.02. The van der Waals surface area contributed by atoms with Crippen molar-refractivity contribution in [2.24, 2.45) is 5.14 Å². The van der Waals surface area contributed by atoms with Gasteiger partial charge < -0.3 is 19.5 Å². The van der Waals surface area contributed by atoms with Gasteiger partial charge in [0.15, 0.2) is 6.10 Å². The molecule has 0 spiro atoms. The average molecular weight is 408 g/mol. The maximum absolute atomic E-state index is 12.3. The van der Waals surface area contributed by atoms with Crippen molar-refractivity contribution in [3.05, 3.63) is 48.0 Å². The number of rotatable bonds is 7. The number of primary sulfonamides is 1. The first kappa shape index (κ1) is 21.2. The second-order valence-corrected chi connectivity index (χ2v) is 7.27. The number of hydrogen-bond acceptors (Lipinski definition) is 7. The van der Waals surface area contributed by atoms with Crippen LogP contribution in [0, 0.1) is 0 Å². The Morgan fingerprint density at radius 1 is 1.00 bits per heavy atom. The van der Waals surface area contributed by atoms with Gasteiger partial charge in [0.1, 0.15) is 11.5 Å². The summed E-state index contributed by atoms with van der Waals surface area (Å²) in [6, 6.07) is 9.77. The molecule has 0 radical (unpaired) electrons. The molecule has 9 nitrogen and oxygen atoms in total. The van der Waals surface area contributed by atoms with Crippen LogP contribution in [0.5, 0.6) is 11.5 Å². The summed E-state index contributed by atoms with van der Waals surface area (Å²) in [7, 11) is -0.934. The maximum Gasteiger partial charge on any atom is 0.339 e. The van der Waals surface area contributed by atoms with Crippen LogP contribution in [-0.4, -0.2) is 40.6 Å². The minimum Gasteiger partial charge on any atom is -0.497 e. The van der Waals surface area contributed by atoms with E-state index < -0.39 is 28.0 Å². The molecule has 0 unspecified atom stereocenters. The van der Waals surface area contributed by atoms with Gasteiger partial charge in [0.2, 0.25) is 10.0 Å². The zero-order chi connectivity index (χ0) is 20.9. The average Bonchev–Trinajstić information content (AvgIpc) is 2.67. The van der Waals surface area contributed by atoms with Gasteiger partial charge in [-0.05, 0) is 43.3 Å². The number of esters is 1. The van der Waals surface area contributed by atoms with Crippen molar-refractivity contribution in [3.8, 4) is 11.5 Å². The van der Waals surface area contributed by atoms with Crippen LogP contribution in [0.2, 0.25) is 0 Å². The van der Waals surface area contributed by atoms with Gasteiger partial charge in [0, 0.05) is 11.8 Å². The van der Waals surface area contributed by atoms with Gasteiger partial charge in [-0.1, -0.05) is 0 Å². The Labute approximate surface area is 162 Å². The second-order valence-electron chi connectivity index (χ2n) is 5.71. The smallest absolute Gasteiger partial charge is 0.339 e. The molecule has 1 amide bonds. The molecular formula is C18H20N2O7S. The molecule has 10 heteroatoms. The van der Waals surface area contributed by atoms with Gasteiger partial charge >= 0.3 is 5.97 Å². The third-order valence-corrected chi connectivity index (χ3v) is 4.62. The van der Waals surface area contributed by atoms with Crippen LogP contribution in [0.1, 0.15) is 17.3 Å². The molecule has 0 fully saturated rings. The highest BCUT2D eigenvalue weighted by atomic mass is 32.2. The molecule has 0 bridgehead atoms. The fourth-order valence-corrected chi connectivity index (χ4v) is 2.69. The molecule has 0 aliphatic heterocycles. The van der Waals surface area contributed by atoms with Gasteiger partial charge in [-0.2, -0.15) is 0 Å². The van der Waals surface area contributed by atoms with E-state index in [0.717, 1.165) is 0 Å². The van der Waals surface area contributed by atoms with Crippen LogP contribution in [0.25, 0.3) is 0 Å². The van der Waals surface area contributed by atoms with E-state index in [1.807, 2.05) is 0 Å². The largest absolute Gasteiger partial charge is 0.497 e. The first-order chi connectivity index (χ1) is 13.1. The number of amides is 1. The van der Waals surface area contributed by atoms with E-state index in [9.17, 15) is 18.0 Å². The number of sulfonamides is 1. The van der Waals surface area contributed by atoms with Crippen molar-refractivity contribution < 1.29 is 32.2 Å². The Morgan fingerprint density at radius 2 is 1.54 bits per heavy atom. The Morgan fingerprint density at radius 3 is 2.00 bits per heavy atom. The highest BCUT2D eigenvalue weighted by Crippen LogP contribution is 2.23. The van der Waals surface area contributed by atoms with Gasteiger partial charge in [-0.25, -0.2) is 18.4 Å². The van der Waals surface area contributed by atoms with Gasteiger partial charge in [-0.15, -0.1) is 0 Å². The zero-order valence-electron chi connectivity index (χ0n) is 15.5. The quantitative estimate of drug-likeness (QED) is 0.664. The molecule has 0 saturated carbocycles. The molecule has 150 valence electrons. The molecule has 3 N–H and O–H groups in total. The SMILES string of the molecule is COc1cc(OC)cc(C(=O)O[C@@H](C)C(=O)Nc2ccc(S(N)(=O)=O)cc2)c1. The minimum atomic E-state index is -3.83. The topological polar surface area (TPSA) is 134 Å². The second kappa shape index (κ2) is 8.72. The fraction of sp³-hybridized carbons (Fsp3) is 0.222. The van der Waals surface area contributed by atoms with Crippen molar-refractivity contribution in [3.63, 3.8) is 0 Å². The Hall–Kier alpha value is -3.11. The third kappa shape index (κ3) is 5.44. The molecule has 1 atom stereocenters. The number of nitrogens with two attached hydrogens (primary N) is 1. The number of carbonyl (C=O) groups excluding carboxylic acids is 2. The third-order valence-electron chi connectivity index (χ3n) is 3.69. The summed E-state index contributed by atoms with van der Waals surface area (Å²) in [5, 5.41) is 7.54. The predicted molar refractivity (Wildman–Crippen MR) is 101 cm³/mol. The van der Waals surface area contributed by atoms with Crippen molar-refractivity contribution in [2.75, 3.05) is 19.5 Å². The van der Waals surface area contributed by atoms with E-state index >= 15 is 0 Å². The summed E-state index contributed by atoms with van der Waals surface area (Å²) in [4.78, 5) is 24.4. The summed E-state index contributed by atoms with van der Waals surface area (Å²) in [6.45, 7) is 1.41. The predicted octanol–water partition coefficient (Wildman–Crippen LogP) is 1.54. The van der Waals surface area contributed by atoms with Gasteiger partial charge in [0.05, 0.1) is 24.7 Å². The molecule has 0 heterocycles. The lowest BCUT2D eigenvalue weighted by atomic mass is 10.2. The number of ether oxygens (including phenoxy) is 3. The number of benzene rings is 2. The monoisotopic (exact) mass is 408 g/mol. The van der Waals surface area contributed by atoms with Crippen molar-refractivity contribution in [1.29, 1.82) is 0 Å². The number of anilines is 1. The van der Waals surface area contributed by atoms with Gasteiger partial charge in [-0.3, -0.25) is 4.79 Å². The van der Waals surface area contributed by atoms with Crippen LogP contribution in [0.4, 0.5) is 5.69 Å². The van der Waals surface area contributed by atoms with E-state index in [2.05, 4.69) is 5.32 Å². The van der Waals surface area contributed by atoms with Gasteiger partial charge in [0.25, 0.3) is 5.91 Å². The summed E-state index contributed by atoms with van der Waals surface area (Å²) in [5.74, 6) is -0.521. The lowest BCUT2D eigenvalue weighted by Gasteiger charge is -2.14. The lowest BCUT2D eigenvalue weighted by Crippen LogP contribution is -2.30. The van der Waals surface area contributed by atoms with Crippen molar-refractivity contribution in [1.82, 2.24) is 0 Å². The zero-order valence-corrected chi connectivity index (χ0v) is 16.3. The molecule has 2 rings (SSSR count). The molecule has 0 saturated heterocycles. The molecule has 0 aromatic heterocycles. The molecular weight excluding hydrogens is 388 g/mol. The first-order valence-corrected chi connectivity index (χ1v) is 9.56. The van der Waals surface area contributed by atoms with E-state index in [4.69, 9.17) is 19.3 Å². The Bertz CT molecular complexity index is 950. The number of nitrogens with one attached hydrogen (secondary N) is 1. The fourth-order valence-electron chi connectivity index (χ4n) is 2.18. The summed E-state index contributed by atoms with van der Waals surface area (Å²) < 4.78 is 37.8. The lowest BCUT2D eigenvalue weighted by molar-refractivity contribution is -0.123. The maximum atomic E-state index is 12.3. The van der Waals surface area contributed by atoms with Crippen LogP contribution in [0.3, 0.4) is 0 Å². The Kier molecular flexibility index (Phi) is 6.60. The normalized spacial score (nSPS) is 12.0. The molecule has 2 aromatic carbocycles. The molecule has 0 aliphatic carbocycles. The number of methoxy groups -OCH3 is 2. The Balaban J connectivity index is 2.05. The summed E-state index contributed by atoms with van der Waals surface area (Å²) in [6.07, 6.45) is -1.11. The molecule has 0 aliphatic rings. The van der Waals surface area contributed by atoms with Crippen molar-refractivity contribution >= 4 is 27.6 Å². The highest BCUT2D eigenvalue weighted by molar-refractivity contribution is 7.89. The van der Waals surface area contributed by atoms with Crippen LogP contribution in [-0.2, 0) is 19.6 Å². The number of carbonyl (C=O) groups is 2. The highest BCUT2D eigenvalue weighted by Gasteiger charge is 2.20. The van der Waals surface area contributed by atoms with Crippen LogP contribution < -0.4 is 19.9 Å².